The number of nitrogens with zero attached hydrogens (tertiary/aromatic N) is 1. The van der Waals surface area contributed by atoms with E-state index in [0.717, 1.165) is 10.2 Å². The summed E-state index contributed by atoms with van der Waals surface area (Å²) in [6.45, 7) is 2.38. The molecule has 46 heavy (non-hydrogen) atoms. The first-order chi connectivity index (χ1) is 22.6. The Morgan fingerprint density at radius 3 is 2.41 bits per heavy atom. The number of hydrogen-bond acceptors (Lipinski definition) is 1. The van der Waals surface area contributed by atoms with E-state index in [0.29, 0.717) is 5.25 Å². The second-order valence-electron chi connectivity index (χ2n) is 12.5. The Hall–Kier alpha value is -4.57. The summed E-state index contributed by atoms with van der Waals surface area (Å²) in [6, 6.07) is 46.7. The van der Waals surface area contributed by atoms with Crippen molar-refractivity contribution >= 4 is 71.9 Å². The molecule has 6 aromatic carbocycles. The van der Waals surface area contributed by atoms with Gasteiger partial charge in [-0.2, -0.15) is 0 Å². The SMILES string of the molecule is CC12C=CC=CC1Sc1ccc(C=C(c3ccc(-n4c5ccccc5c5c(Br)cccc54)cc3)c3ccc4ccccc4c3)cc12. The summed E-state index contributed by atoms with van der Waals surface area (Å²) in [6.07, 6.45) is 11.5. The molecule has 0 bridgehead atoms. The maximum absolute atomic E-state index is 3.82. The van der Waals surface area contributed by atoms with Gasteiger partial charge in [-0.15, -0.1) is 11.8 Å². The Kier molecular flexibility index (Phi) is 6.48. The summed E-state index contributed by atoms with van der Waals surface area (Å²) in [5.41, 5.74) is 9.84. The molecule has 0 N–H and O–H groups in total. The highest BCUT2D eigenvalue weighted by Gasteiger charge is 2.41. The molecule has 3 heteroatoms. The van der Waals surface area contributed by atoms with Crippen LogP contribution in [0.1, 0.15) is 29.2 Å². The molecule has 2 aliphatic rings. The summed E-state index contributed by atoms with van der Waals surface area (Å²) in [5.74, 6) is 0. The predicted molar refractivity (Wildman–Crippen MR) is 201 cm³/mol. The average Bonchev–Trinajstić information content (AvgIpc) is 3.59. The standard InChI is InChI=1S/C43H30BrNS/c1-43-24-7-6-15-41(43)46-40-23-16-28(26-36(40)43)25-35(32-18-17-29-9-2-3-10-31(29)27-32)30-19-21-33(22-20-30)45-38-13-5-4-11-34(38)42-37(44)12-8-14-39(42)45/h2-27,41H,1H3. The Morgan fingerprint density at radius 1 is 0.739 bits per heavy atom. The van der Waals surface area contributed by atoms with Crippen LogP contribution in [0.4, 0.5) is 0 Å². The van der Waals surface area contributed by atoms with Crippen LogP contribution in [0.3, 0.4) is 0 Å². The van der Waals surface area contributed by atoms with Gasteiger partial charge in [0.05, 0.1) is 11.0 Å². The summed E-state index contributed by atoms with van der Waals surface area (Å²) in [7, 11) is 0. The highest BCUT2D eigenvalue weighted by molar-refractivity contribution is 9.10. The molecular formula is C43H30BrNS. The molecule has 0 fully saturated rings. The first-order valence-corrected chi connectivity index (χ1v) is 17.4. The van der Waals surface area contributed by atoms with Crippen LogP contribution < -0.4 is 0 Å². The number of thioether (sulfide) groups is 1. The summed E-state index contributed by atoms with van der Waals surface area (Å²) in [4.78, 5) is 1.38. The number of rotatable bonds is 4. The second-order valence-corrected chi connectivity index (χ2v) is 14.5. The van der Waals surface area contributed by atoms with Crippen molar-refractivity contribution in [2.45, 2.75) is 22.5 Å². The molecule has 0 radical (unpaired) electrons. The van der Waals surface area contributed by atoms with Gasteiger partial charge >= 0.3 is 0 Å². The highest BCUT2D eigenvalue weighted by Crippen LogP contribution is 2.52. The van der Waals surface area contributed by atoms with E-state index in [1.54, 1.807) is 0 Å². The van der Waals surface area contributed by atoms with Crippen LogP contribution in [0.25, 0.3) is 49.9 Å². The monoisotopic (exact) mass is 671 g/mol. The smallest absolute Gasteiger partial charge is 0.0552 e. The van der Waals surface area contributed by atoms with E-state index in [-0.39, 0.29) is 5.41 Å². The first kappa shape index (κ1) is 27.7. The number of hydrogen-bond donors (Lipinski definition) is 0. The summed E-state index contributed by atoms with van der Waals surface area (Å²) in [5, 5.41) is 5.44. The van der Waals surface area contributed by atoms with Crippen molar-refractivity contribution in [1.29, 1.82) is 0 Å². The number of fused-ring (bicyclic) bond motifs is 7. The molecule has 7 aromatic rings. The molecule has 0 spiro atoms. The molecule has 2 atom stereocenters. The fourth-order valence-corrected chi connectivity index (χ4v) is 9.33. The number of para-hydroxylation sites is 1. The lowest BCUT2D eigenvalue weighted by atomic mass is 9.77. The maximum Gasteiger partial charge on any atom is 0.0552 e. The Bertz CT molecular complexity index is 2430. The molecule has 0 saturated heterocycles. The summed E-state index contributed by atoms with van der Waals surface area (Å²) >= 11 is 5.80. The van der Waals surface area contributed by atoms with Crippen molar-refractivity contribution in [2.75, 3.05) is 0 Å². The van der Waals surface area contributed by atoms with E-state index >= 15 is 0 Å². The molecule has 0 saturated carbocycles. The molecule has 0 amide bonds. The van der Waals surface area contributed by atoms with Crippen LogP contribution in [-0.2, 0) is 5.41 Å². The molecule has 2 unspecified atom stereocenters. The second kappa shape index (κ2) is 10.8. The lowest BCUT2D eigenvalue weighted by Gasteiger charge is -2.28. The van der Waals surface area contributed by atoms with Gasteiger partial charge in [0.2, 0.25) is 0 Å². The molecule has 1 aliphatic heterocycles. The van der Waals surface area contributed by atoms with E-state index in [4.69, 9.17) is 0 Å². The minimum atomic E-state index is 0.0146. The topological polar surface area (TPSA) is 4.93 Å². The van der Waals surface area contributed by atoms with Crippen molar-refractivity contribution in [2.24, 2.45) is 0 Å². The molecule has 1 aromatic heterocycles. The van der Waals surface area contributed by atoms with Crippen LogP contribution in [0, 0.1) is 0 Å². The molecule has 1 aliphatic carbocycles. The largest absolute Gasteiger partial charge is 0.309 e. The van der Waals surface area contributed by atoms with Gasteiger partial charge in [0, 0.05) is 36.5 Å². The maximum atomic E-state index is 3.82. The molecule has 9 rings (SSSR count). The van der Waals surface area contributed by atoms with E-state index in [1.165, 1.54) is 65.3 Å². The zero-order chi connectivity index (χ0) is 30.8. The molecular weight excluding hydrogens is 642 g/mol. The normalized spacial score (nSPS) is 18.8. The van der Waals surface area contributed by atoms with E-state index in [9.17, 15) is 0 Å². The van der Waals surface area contributed by atoms with Crippen LogP contribution in [0.15, 0.2) is 161 Å². The zero-order valence-corrected chi connectivity index (χ0v) is 27.7. The quantitative estimate of drug-likeness (QED) is 0.169. The average molecular weight is 673 g/mol. The van der Waals surface area contributed by atoms with Crippen LogP contribution >= 0.6 is 27.7 Å². The van der Waals surface area contributed by atoms with Crippen molar-refractivity contribution in [3.05, 3.63) is 178 Å². The van der Waals surface area contributed by atoms with Gasteiger partial charge < -0.3 is 4.57 Å². The number of allylic oxidation sites excluding steroid dienone is 3. The van der Waals surface area contributed by atoms with Crippen molar-refractivity contribution in [1.82, 2.24) is 4.57 Å². The Labute approximate surface area is 281 Å². The van der Waals surface area contributed by atoms with Crippen molar-refractivity contribution < 1.29 is 0 Å². The molecule has 2 heterocycles. The number of aromatic nitrogens is 1. The lowest BCUT2D eigenvalue weighted by Crippen LogP contribution is -2.28. The fourth-order valence-electron chi connectivity index (χ4n) is 7.32. The fraction of sp³-hybridized carbons (Fsp3) is 0.0698. The third-order valence-electron chi connectivity index (χ3n) is 9.72. The zero-order valence-electron chi connectivity index (χ0n) is 25.3. The van der Waals surface area contributed by atoms with E-state index in [2.05, 4.69) is 185 Å². The van der Waals surface area contributed by atoms with Crippen LogP contribution in [-0.4, -0.2) is 9.82 Å². The minimum Gasteiger partial charge on any atom is -0.309 e. The Morgan fingerprint density at radius 2 is 1.52 bits per heavy atom. The van der Waals surface area contributed by atoms with Gasteiger partial charge in [0.25, 0.3) is 0 Å². The lowest BCUT2D eigenvalue weighted by molar-refractivity contribution is 0.620. The molecule has 220 valence electrons. The van der Waals surface area contributed by atoms with Gasteiger partial charge in [-0.1, -0.05) is 126 Å². The van der Waals surface area contributed by atoms with Crippen LogP contribution in [0.5, 0.6) is 0 Å². The van der Waals surface area contributed by atoms with E-state index in [1.807, 2.05) is 11.8 Å². The highest BCUT2D eigenvalue weighted by atomic mass is 79.9. The van der Waals surface area contributed by atoms with Gasteiger partial charge in [-0.25, -0.2) is 0 Å². The molecule has 1 nitrogen and oxygen atoms in total. The van der Waals surface area contributed by atoms with Gasteiger partial charge in [-0.05, 0) is 93.2 Å². The first-order valence-electron chi connectivity index (χ1n) is 15.7. The van der Waals surface area contributed by atoms with Gasteiger partial charge in [0.1, 0.15) is 0 Å². The van der Waals surface area contributed by atoms with Crippen molar-refractivity contribution in [3.63, 3.8) is 0 Å². The number of halogens is 1. The minimum absolute atomic E-state index is 0.0146. The van der Waals surface area contributed by atoms with Crippen molar-refractivity contribution in [3.8, 4) is 5.69 Å². The number of benzene rings is 6. The van der Waals surface area contributed by atoms with Crippen LogP contribution in [0.2, 0.25) is 0 Å². The van der Waals surface area contributed by atoms with Gasteiger partial charge in [-0.3, -0.25) is 0 Å². The third-order valence-corrected chi connectivity index (χ3v) is 11.9. The Balaban J connectivity index is 1.20. The van der Waals surface area contributed by atoms with E-state index < -0.39 is 0 Å². The van der Waals surface area contributed by atoms with Gasteiger partial charge in [0.15, 0.2) is 0 Å². The predicted octanol–water partition coefficient (Wildman–Crippen LogP) is 12.1. The third kappa shape index (κ3) is 4.37. The summed E-state index contributed by atoms with van der Waals surface area (Å²) < 4.78 is 3.49.